The summed E-state index contributed by atoms with van der Waals surface area (Å²) < 4.78 is 4.95. The average molecular weight is 249 g/mol. The largest absolute Gasteiger partial charge is 0.504 e. The number of carbonyl (C=O) groups is 1. The molecule has 1 aromatic rings. The Balaban J connectivity index is 2.07. The van der Waals surface area contributed by atoms with Gasteiger partial charge >= 0.3 is 0 Å². The standard InChI is InChI=1S/C14H19NO3/c1-9-4-3-5-11(9)15-14(17)10-6-7-13(18-2)12(16)8-10/h6-9,11,16H,3-5H2,1-2H3,(H,15,17). The highest BCUT2D eigenvalue weighted by atomic mass is 16.5. The molecule has 4 nitrogen and oxygen atoms in total. The van der Waals surface area contributed by atoms with Crippen molar-refractivity contribution in [2.24, 2.45) is 5.92 Å². The molecule has 0 heterocycles. The highest BCUT2D eigenvalue weighted by Crippen LogP contribution is 2.27. The molecule has 1 aliphatic rings. The van der Waals surface area contributed by atoms with Gasteiger partial charge in [0.25, 0.3) is 5.91 Å². The van der Waals surface area contributed by atoms with Crippen LogP contribution in [-0.2, 0) is 0 Å². The molecular weight excluding hydrogens is 230 g/mol. The van der Waals surface area contributed by atoms with Crippen molar-refractivity contribution in [2.45, 2.75) is 32.2 Å². The molecule has 1 fully saturated rings. The summed E-state index contributed by atoms with van der Waals surface area (Å²) in [6.07, 6.45) is 3.37. The number of phenols is 1. The number of rotatable bonds is 3. The second-order valence-corrected chi connectivity index (χ2v) is 4.87. The van der Waals surface area contributed by atoms with Gasteiger partial charge in [0.2, 0.25) is 0 Å². The lowest BCUT2D eigenvalue weighted by Crippen LogP contribution is -2.36. The summed E-state index contributed by atoms with van der Waals surface area (Å²) in [6.45, 7) is 2.16. The van der Waals surface area contributed by atoms with Crippen LogP contribution in [-0.4, -0.2) is 24.2 Å². The molecule has 2 rings (SSSR count). The topological polar surface area (TPSA) is 58.6 Å². The van der Waals surface area contributed by atoms with Crippen LogP contribution in [0.1, 0.15) is 36.5 Å². The molecule has 0 radical (unpaired) electrons. The van der Waals surface area contributed by atoms with Gasteiger partial charge in [0.1, 0.15) is 0 Å². The molecule has 0 aliphatic heterocycles. The van der Waals surface area contributed by atoms with Gasteiger partial charge in [-0.3, -0.25) is 4.79 Å². The van der Waals surface area contributed by atoms with Crippen LogP contribution in [0.2, 0.25) is 0 Å². The number of hydrogen-bond donors (Lipinski definition) is 2. The van der Waals surface area contributed by atoms with Crippen LogP contribution in [0, 0.1) is 5.92 Å². The van der Waals surface area contributed by atoms with Gasteiger partial charge in [-0.1, -0.05) is 13.3 Å². The first-order valence-corrected chi connectivity index (χ1v) is 6.29. The van der Waals surface area contributed by atoms with Crippen molar-refractivity contribution < 1.29 is 14.6 Å². The molecule has 98 valence electrons. The number of benzene rings is 1. The van der Waals surface area contributed by atoms with Crippen LogP contribution >= 0.6 is 0 Å². The molecule has 1 amide bonds. The van der Waals surface area contributed by atoms with E-state index in [1.165, 1.54) is 26.0 Å². The van der Waals surface area contributed by atoms with E-state index in [1.54, 1.807) is 12.1 Å². The van der Waals surface area contributed by atoms with Crippen LogP contribution in [0.3, 0.4) is 0 Å². The zero-order valence-corrected chi connectivity index (χ0v) is 10.8. The van der Waals surface area contributed by atoms with Crippen molar-refractivity contribution in [1.82, 2.24) is 5.32 Å². The Hall–Kier alpha value is -1.71. The number of carbonyl (C=O) groups excluding carboxylic acids is 1. The number of ether oxygens (including phenoxy) is 1. The van der Waals surface area contributed by atoms with E-state index < -0.39 is 0 Å². The summed E-state index contributed by atoms with van der Waals surface area (Å²) in [4.78, 5) is 12.0. The lowest BCUT2D eigenvalue weighted by Gasteiger charge is -2.17. The molecule has 18 heavy (non-hydrogen) atoms. The van der Waals surface area contributed by atoms with E-state index in [4.69, 9.17) is 4.74 Å². The van der Waals surface area contributed by atoms with E-state index in [1.807, 2.05) is 0 Å². The monoisotopic (exact) mass is 249 g/mol. The maximum absolute atomic E-state index is 12.0. The maximum Gasteiger partial charge on any atom is 0.251 e. The SMILES string of the molecule is COc1ccc(C(=O)NC2CCCC2C)cc1O. The molecule has 2 atom stereocenters. The van der Waals surface area contributed by atoms with Crippen molar-refractivity contribution in [3.05, 3.63) is 23.8 Å². The van der Waals surface area contributed by atoms with Crippen molar-refractivity contribution >= 4 is 5.91 Å². The number of phenolic OH excluding ortho intramolecular Hbond substituents is 1. The lowest BCUT2D eigenvalue weighted by molar-refractivity contribution is 0.0929. The molecule has 1 aromatic carbocycles. The van der Waals surface area contributed by atoms with Crippen LogP contribution in [0.4, 0.5) is 0 Å². The Kier molecular flexibility index (Phi) is 3.75. The Morgan fingerprint density at radius 3 is 2.78 bits per heavy atom. The van der Waals surface area contributed by atoms with Crippen molar-refractivity contribution in [3.8, 4) is 11.5 Å². The zero-order chi connectivity index (χ0) is 13.1. The summed E-state index contributed by atoms with van der Waals surface area (Å²) in [5.41, 5.74) is 0.465. The van der Waals surface area contributed by atoms with Crippen LogP contribution < -0.4 is 10.1 Å². The Morgan fingerprint density at radius 2 is 2.22 bits per heavy atom. The summed E-state index contributed by atoms with van der Waals surface area (Å²) in [5, 5.41) is 12.7. The summed E-state index contributed by atoms with van der Waals surface area (Å²) in [7, 11) is 1.48. The minimum atomic E-state index is -0.133. The first-order chi connectivity index (χ1) is 8.61. The van der Waals surface area contributed by atoms with Gasteiger partial charge in [-0.05, 0) is 37.0 Å². The predicted octanol–water partition coefficient (Wildman–Crippen LogP) is 2.32. The second-order valence-electron chi connectivity index (χ2n) is 4.87. The quantitative estimate of drug-likeness (QED) is 0.864. The Morgan fingerprint density at radius 1 is 1.44 bits per heavy atom. The fraction of sp³-hybridized carbons (Fsp3) is 0.500. The second kappa shape index (κ2) is 5.29. The van der Waals surface area contributed by atoms with E-state index >= 15 is 0 Å². The fourth-order valence-electron chi connectivity index (χ4n) is 2.44. The van der Waals surface area contributed by atoms with Crippen molar-refractivity contribution in [3.63, 3.8) is 0 Å². The van der Waals surface area contributed by atoms with Crippen LogP contribution in [0.5, 0.6) is 11.5 Å². The fourth-order valence-corrected chi connectivity index (χ4v) is 2.44. The minimum Gasteiger partial charge on any atom is -0.504 e. The smallest absolute Gasteiger partial charge is 0.251 e. The highest BCUT2D eigenvalue weighted by Gasteiger charge is 2.25. The third-order valence-electron chi connectivity index (χ3n) is 3.62. The first-order valence-electron chi connectivity index (χ1n) is 6.29. The van der Waals surface area contributed by atoms with Gasteiger partial charge < -0.3 is 15.2 Å². The van der Waals surface area contributed by atoms with E-state index in [2.05, 4.69) is 12.2 Å². The number of amides is 1. The van der Waals surface area contributed by atoms with Gasteiger partial charge in [0.05, 0.1) is 7.11 Å². The van der Waals surface area contributed by atoms with Gasteiger partial charge in [-0.2, -0.15) is 0 Å². The van der Waals surface area contributed by atoms with Crippen molar-refractivity contribution in [2.75, 3.05) is 7.11 Å². The van der Waals surface area contributed by atoms with E-state index in [-0.39, 0.29) is 17.7 Å². The first kappa shape index (κ1) is 12.7. The Labute approximate surface area is 107 Å². The normalized spacial score (nSPS) is 22.8. The molecule has 0 spiro atoms. The summed E-state index contributed by atoms with van der Waals surface area (Å²) in [5.74, 6) is 0.762. The molecule has 4 heteroatoms. The molecule has 0 saturated heterocycles. The molecule has 0 aromatic heterocycles. The van der Waals surface area contributed by atoms with Crippen molar-refractivity contribution in [1.29, 1.82) is 0 Å². The molecule has 1 saturated carbocycles. The molecule has 0 bridgehead atoms. The van der Waals surface area contributed by atoms with Gasteiger partial charge in [-0.15, -0.1) is 0 Å². The maximum atomic E-state index is 12.0. The third kappa shape index (κ3) is 2.58. The van der Waals surface area contributed by atoms with Crippen LogP contribution in [0.15, 0.2) is 18.2 Å². The van der Waals surface area contributed by atoms with E-state index in [0.29, 0.717) is 17.2 Å². The average Bonchev–Trinajstić information content (AvgIpc) is 2.75. The molecular formula is C14H19NO3. The number of aromatic hydroxyl groups is 1. The molecule has 1 aliphatic carbocycles. The number of hydrogen-bond acceptors (Lipinski definition) is 3. The summed E-state index contributed by atoms with van der Waals surface area (Å²) in [6, 6.07) is 4.95. The third-order valence-corrected chi connectivity index (χ3v) is 3.62. The van der Waals surface area contributed by atoms with E-state index in [0.717, 1.165) is 6.42 Å². The van der Waals surface area contributed by atoms with E-state index in [9.17, 15) is 9.90 Å². The predicted molar refractivity (Wildman–Crippen MR) is 68.9 cm³/mol. The highest BCUT2D eigenvalue weighted by molar-refractivity contribution is 5.95. The van der Waals surface area contributed by atoms with Crippen LogP contribution in [0.25, 0.3) is 0 Å². The summed E-state index contributed by atoms with van der Waals surface area (Å²) >= 11 is 0. The molecule has 2 N–H and O–H groups in total. The number of nitrogens with one attached hydrogen (secondary N) is 1. The van der Waals surface area contributed by atoms with Gasteiger partial charge in [0.15, 0.2) is 11.5 Å². The zero-order valence-electron chi connectivity index (χ0n) is 10.8. The minimum absolute atomic E-state index is 0.00961. The van der Waals surface area contributed by atoms with Gasteiger partial charge in [-0.25, -0.2) is 0 Å². The molecule has 2 unspecified atom stereocenters. The lowest BCUT2D eigenvalue weighted by atomic mass is 10.1. The number of methoxy groups -OCH3 is 1. The van der Waals surface area contributed by atoms with Gasteiger partial charge in [0, 0.05) is 11.6 Å². The Bertz CT molecular complexity index is 445.